The highest BCUT2D eigenvalue weighted by atomic mass is 14.9. The second-order valence-corrected chi connectivity index (χ2v) is 6.03. The van der Waals surface area contributed by atoms with E-state index in [-0.39, 0.29) is 0 Å². The van der Waals surface area contributed by atoms with Gasteiger partial charge in [0, 0.05) is 18.8 Å². The van der Waals surface area contributed by atoms with E-state index in [9.17, 15) is 0 Å². The number of rotatable bonds is 14. The standard InChI is InChI=1S/C18H34N2/c1-2-3-4-5-6-7-8-9-10-11-12-13-14-15-18-19-16-17-20-18/h16-17H,2-15H2,1H3,(H,19,20). The van der Waals surface area contributed by atoms with E-state index in [1.54, 1.807) is 0 Å². The molecule has 2 heteroatoms. The van der Waals surface area contributed by atoms with Gasteiger partial charge in [-0.05, 0) is 6.42 Å². The molecule has 1 rings (SSSR count). The first-order valence-corrected chi connectivity index (χ1v) is 8.91. The number of unbranched alkanes of at least 4 members (excludes halogenated alkanes) is 12. The number of imidazole rings is 1. The lowest BCUT2D eigenvalue weighted by molar-refractivity contribution is 0.538. The molecule has 0 aliphatic rings. The zero-order valence-electron chi connectivity index (χ0n) is 13.5. The fourth-order valence-electron chi connectivity index (χ4n) is 2.74. The van der Waals surface area contributed by atoms with E-state index < -0.39 is 0 Å². The SMILES string of the molecule is CCCCCCCCCCCCCCCc1ncc[nH]1. The lowest BCUT2D eigenvalue weighted by Crippen LogP contribution is -1.88. The molecular weight excluding hydrogens is 244 g/mol. The molecule has 0 aliphatic heterocycles. The molecule has 0 atom stereocenters. The molecule has 0 aliphatic carbocycles. The van der Waals surface area contributed by atoms with E-state index in [4.69, 9.17) is 0 Å². The van der Waals surface area contributed by atoms with Crippen molar-refractivity contribution in [2.45, 2.75) is 96.8 Å². The predicted molar refractivity (Wildman–Crippen MR) is 88.0 cm³/mol. The van der Waals surface area contributed by atoms with Crippen LogP contribution in [0.1, 0.15) is 96.2 Å². The van der Waals surface area contributed by atoms with Crippen molar-refractivity contribution < 1.29 is 0 Å². The minimum atomic E-state index is 1.12. The van der Waals surface area contributed by atoms with Crippen molar-refractivity contribution in [2.75, 3.05) is 0 Å². The highest BCUT2D eigenvalue weighted by Crippen LogP contribution is 2.12. The van der Waals surface area contributed by atoms with Crippen molar-refractivity contribution in [2.24, 2.45) is 0 Å². The van der Waals surface area contributed by atoms with Crippen molar-refractivity contribution in [3.05, 3.63) is 18.2 Å². The molecular formula is C18H34N2. The Bertz CT molecular complexity index is 280. The Morgan fingerprint density at radius 2 is 1.25 bits per heavy atom. The summed E-state index contributed by atoms with van der Waals surface area (Å²) in [6.45, 7) is 2.29. The molecule has 0 amide bonds. The fourth-order valence-corrected chi connectivity index (χ4v) is 2.74. The van der Waals surface area contributed by atoms with E-state index in [1.807, 2.05) is 12.4 Å². The molecule has 1 aromatic rings. The van der Waals surface area contributed by atoms with E-state index in [1.165, 1.54) is 83.5 Å². The Morgan fingerprint density at radius 3 is 1.70 bits per heavy atom. The third-order valence-corrected chi connectivity index (χ3v) is 4.07. The van der Waals surface area contributed by atoms with E-state index in [2.05, 4.69) is 16.9 Å². The zero-order chi connectivity index (χ0) is 14.3. The maximum absolute atomic E-state index is 4.25. The molecule has 0 fully saturated rings. The number of hydrogen-bond acceptors (Lipinski definition) is 1. The smallest absolute Gasteiger partial charge is 0.105 e. The van der Waals surface area contributed by atoms with Gasteiger partial charge < -0.3 is 4.98 Å². The molecule has 20 heavy (non-hydrogen) atoms. The lowest BCUT2D eigenvalue weighted by Gasteiger charge is -2.02. The Hall–Kier alpha value is -0.790. The topological polar surface area (TPSA) is 28.7 Å². The van der Waals surface area contributed by atoms with Gasteiger partial charge in [-0.15, -0.1) is 0 Å². The van der Waals surface area contributed by atoms with Crippen LogP contribution in [0.15, 0.2) is 12.4 Å². The van der Waals surface area contributed by atoms with Crippen LogP contribution in [-0.4, -0.2) is 9.97 Å². The van der Waals surface area contributed by atoms with Crippen LogP contribution in [0.5, 0.6) is 0 Å². The minimum Gasteiger partial charge on any atom is -0.349 e. The first-order valence-electron chi connectivity index (χ1n) is 8.91. The zero-order valence-corrected chi connectivity index (χ0v) is 13.5. The number of aromatic amines is 1. The van der Waals surface area contributed by atoms with Crippen LogP contribution in [0.4, 0.5) is 0 Å². The third kappa shape index (κ3) is 10.1. The van der Waals surface area contributed by atoms with Crippen LogP contribution in [0.2, 0.25) is 0 Å². The Balaban J connectivity index is 1.70. The van der Waals surface area contributed by atoms with Gasteiger partial charge in [0.25, 0.3) is 0 Å². The van der Waals surface area contributed by atoms with Gasteiger partial charge in [-0.2, -0.15) is 0 Å². The molecule has 0 saturated heterocycles. The summed E-state index contributed by atoms with van der Waals surface area (Å²) in [7, 11) is 0. The van der Waals surface area contributed by atoms with Crippen molar-refractivity contribution in [1.82, 2.24) is 9.97 Å². The summed E-state index contributed by atoms with van der Waals surface area (Å²) in [6, 6.07) is 0. The highest BCUT2D eigenvalue weighted by molar-refractivity contribution is 4.86. The molecule has 0 aromatic carbocycles. The number of aryl methyl sites for hydroxylation is 1. The van der Waals surface area contributed by atoms with Crippen molar-refractivity contribution in [1.29, 1.82) is 0 Å². The van der Waals surface area contributed by atoms with Gasteiger partial charge in [-0.25, -0.2) is 4.98 Å². The van der Waals surface area contributed by atoms with Crippen LogP contribution < -0.4 is 0 Å². The lowest BCUT2D eigenvalue weighted by atomic mass is 10.0. The predicted octanol–water partition coefficient (Wildman–Crippen LogP) is 6.04. The van der Waals surface area contributed by atoms with Gasteiger partial charge in [-0.3, -0.25) is 0 Å². The van der Waals surface area contributed by atoms with Crippen LogP contribution in [0, 0.1) is 0 Å². The number of nitrogens with one attached hydrogen (secondary N) is 1. The molecule has 0 radical (unpaired) electrons. The number of nitrogens with zero attached hydrogens (tertiary/aromatic N) is 1. The van der Waals surface area contributed by atoms with Crippen LogP contribution in [-0.2, 0) is 6.42 Å². The quantitative estimate of drug-likeness (QED) is 0.413. The summed E-state index contributed by atoms with van der Waals surface area (Å²) in [6.07, 6.45) is 23.3. The third-order valence-electron chi connectivity index (χ3n) is 4.07. The van der Waals surface area contributed by atoms with Gasteiger partial charge in [0.1, 0.15) is 5.82 Å². The van der Waals surface area contributed by atoms with Crippen molar-refractivity contribution >= 4 is 0 Å². The second-order valence-electron chi connectivity index (χ2n) is 6.03. The van der Waals surface area contributed by atoms with Gasteiger partial charge >= 0.3 is 0 Å². The molecule has 0 unspecified atom stereocenters. The summed E-state index contributed by atoms with van der Waals surface area (Å²) < 4.78 is 0. The Labute approximate surface area is 125 Å². The summed E-state index contributed by atoms with van der Waals surface area (Å²) in [5, 5.41) is 0. The highest BCUT2D eigenvalue weighted by Gasteiger charge is 1.96. The molecule has 1 aromatic heterocycles. The summed E-state index contributed by atoms with van der Waals surface area (Å²) >= 11 is 0. The monoisotopic (exact) mass is 278 g/mol. The van der Waals surface area contributed by atoms with E-state index in [0.29, 0.717) is 0 Å². The van der Waals surface area contributed by atoms with E-state index >= 15 is 0 Å². The van der Waals surface area contributed by atoms with Crippen LogP contribution in [0.25, 0.3) is 0 Å². The molecule has 116 valence electrons. The second kappa shape index (κ2) is 13.2. The number of hydrogen-bond donors (Lipinski definition) is 1. The maximum atomic E-state index is 4.25. The average Bonchev–Trinajstić information content (AvgIpc) is 2.97. The van der Waals surface area contributed by atoms with Crippen molar-refractivity contribution in [3.63, 3.8) is 0 Å². The average molecular weight is 278 g/mol. The van der Waals surface area contributed by atoms with E-state index in [0.717, 1.165) is 12.2 Å². The summed E-state index contributed by atoms with van der Waals surface area (Å²) in [5.41, 5.74) is 0. The molecule has 0 bridgehead atoms. The molecule has 0 saturated carbocycles. The molecule has 1 heterocycles. The van der Waals surface area contributed by atoms with Crippen molar-refractivity contribution in [3.8, 4) is 0 Å². The largest absolute Gasteiger partial charge is 0.349 e. The molecule has 2 nitrogen and oxygen atoms in total. The number of H-pyrrole nitrogens is 1. The molecule has 0 spiro atoms. The van der Waals surface area contributed by atoms with Crippen LogP contribution in [0.3, 0.4) is 0 Å². The fraction of sp³-hybridized carbons (Fsp3) is 0.833. The summed E-state index contributed by atoms with van der Waals surface area (Å²) in [4.78, 5) is 7.42. The number of aromatic nitrogens is 2. The first kappa shape index (κ1) is 17.3. The Kier molecular flexibility index (Phi) is 11.4. The van der Waals surface area contributed by atoms with Gasteiger partial charge in [-0.1, -0.05) is 84.0 Å². The van der Waals surface area contributed by atoms with Crippen LogP contribution >= 0.6 is 0 Å². The van der Waals surface area contributed by atoms with Gasteiger partial charge in [0.2, 0.25) is 0 Å². The minimum absolute atomic E-state index is 1.12. The maximum Gasteiger partial charge on any atom is 0.105 e. The normalized spacial score (nSPS) is 11.1. The van der Waals surface area contributed by atoms with Gasteiger partial charge in [0.05, 0.1) is 0 Å². The first-order chi connectivity index (χ1) is 9.93. The summed E-state index contributed by atoms with van der Waals surface area (Å²) in [5.74, 6) is 1.15. The Morgan fingerprint density at radius 1 is 0.750 bits per heavy atom. The van der Waals surface area contributed by atoms with Gasteiger partial charge in [0.15, 0.2) is 0 Å². The molecule has 1 N–H and O–H groups in total.